The van der Waals surface area contributed by atoms with E-state index in [2.05, 4.69) is 26.1 Å². The number of H-pyrrole nitrogens is 1. The lowest BCUT2D eigenvalue weighted by Crippen LogP contribution is -2.42. The number of hydrogen-bond acceptors (Lipinski definition) is 6. The highest BCUT2D eigenvalue weighted by atomic mass is 32.1. The fourth-order valence-electron chi connectivity index (χ4n) is 1.96. The van der Waals surface area contributed by atoms with E-state index in [-0.39, 0.29) is 5.56 Å². The Labute approximate surface area is 139 Å². The van der Waals surface area contributed by atoms with Crippen molar-refractivity contribution < 1.29 is 0 Å². The number of thiocarbonyl (C=S) groups is 1. The molecule has 0 fully saturated rings. The zero-order valence-electron chi connectivity index (χ0n) is 11.6. The number of aromatic nitrogens is 2. The molecule has 0 aliphatic carbocycles. The Morgan fingerprint density at radius 2 is 2.32 bits per heavy atom. The molecule has 0 aliphatic rings. The highest BCUT2D eigenvalue weighted by Crippen LogP contribution is 2.33. The minimum Gasteiger partial charge on any atom is -0.365 e. The van der Waals surface area contributed by atoms with Gasteiger partial charge in [-0.15, -0.1) is 22.7 Å². The number of nitrogens with zero attached hydrogens (tertiary/aromatic N) is 1. The third kappa shape index (κ3) is 3.02. The van der Waals surface area contributed by atoms with Gasteiger partial charge in [-0.25, -0.2) is 10.4 Å². The lowest BCUT2D eigenvalue weighted by Gasteiger charge is -2.08. The predicted octanol–water partition coefficient (Wildman–Crippen LogP) is 1.81. The lowest BCUT2D eigenvalue weighted by atomic mass is 10.2. The Balaban J connectivity index is 1.88. The van der Waals surface area contributed by atoms with E-state index in [1.807, 2.05) is 22.9 Å². The molecule has 0 aliphatic heterocycles. The number of thiophene rings is 2. The second-order valence-electron chi connectivity index (χ2n) is 4.38. The first-order valence-corrected chi connectivity index (χ1v) is 8.60. The van der Waals surface area contributed by atoms with Crippen molar-refractivity contribution in [3.05, 3.63) is 39.1 Å². The molecule has 9 heteroatoms. The molecule has 0 bridgehead atoms. The van der Waals surface area contributed by atoms with E-state index >= 15 is 0 Å². The van der Waals surface area contributed by atoms with Crippen LogP contribution in [0.4, 0.5) is 0 Å². The van der Waals surface area contributed by atoms with Gasteiger partial charge >= 0.3 is 0 Å². The summed E-state index contributed by atoms with van der Waals surface area (Å²) in [5.74, 6) is 0.559. The van der Waals surface area contributed by atoms with Gasteiger partial charge in [-0.3, -0.25) is 10.2 Å². The Kier molecular flexibility index (Phi) is 4.48. The van der Waals surface area contributed by atoms with Crippen LogP contribution in [0.5, 0.6) is 0 Å². The maximum absolute atomic E-state index is 12.4. The monoisotopic (exact) mass is 351 g/mol. The van der Waals surface area contributed by atoms with Gasteiger partial charge in [-0.2, -0.15) is 0 Å². The van der Waals surface area contributed by atoms with Crippen molar-refractivity contribution in [2.75, 3.05) is 7.05 Å². The molecule has 0 saturated heterocycles. The first-order chi connectivity index (χ1) is 10.7. The molecular formula is C13H13N5OS3. The lowest BCUT2D eigenvalue weighted by molar-refractivity contribution is 0.624. The van der Waals surface area contributed by atoms with E-state index in [1.54, 1.807) is 18.4 Å². The summed E-state index contributed by atoms with van der Waals surface area (Å²) in [5, 5.41) is 7.87. The molecule has 22 heavy (non-hydrogen) atoms. The topological polar surface area (TPSA) is 81.8 Å². The molecule has 0 unspecified atom stereocenters. The fourth-order valence-corrected chi connectivity index (χ4v) is 3.81. The van der Waals surface area contributed by atoms with E-state index < -0.39 is 0 Å². The van der Waals surface area contributed by atoms with Gasteiger partial charge in [0.1, 0.15) is 10.7 Å². The number of fused-ring (bicyclic) bond motifs is 1. The Hall–Kier alpha value is -1.81. The average molecular weight is 351 g/mol. The zero-order chi connectivity index (χ0) is 15.5. The van der Waals surface area contributed by atoms with Gasteiger partial charge in [-0.1, -0.05) is 6.07 Å². The van der Waals surface area contributed by atoms with Crippen molar-refractivity contribution in [1.82, 2.24) is 26.1 Å². The van der Waals surface area contributed by atoms with Gasteiger partial charge in [0.25, 0.3) is 5.56 Å². The summed E-state index contributed by atoms with van der Waals surface area (Å²) in [6.45, 7) is 0.360. The minimum absolute atomic E-state index is 0.123. The molecule has 114 valence electrons. The first-order valence-electron chi connectivity index (χ1n) is 6.44. The summed E-state index contributed by atoms with van der Waals surface area (Å²) in [5.41, 5.74) is 6.51. The van der Waals surface area contributed by atoms with Crippen molar-refractivity contribution >= 4 is 50.2 Å². The molecule has 6 nitrogen and oxygen atoms in total. The molecule has 0 amide bonds. The van der Waals surface area contributed by atoms with Crippen LogP contribution in [0, 0.1) is 0 Å². The SMILES string of the molecule is CNC(=S)NNCc1nc2scc(-c3cccs3)c2c(=O)[nH]1. The van der Waals surface area contributed by atoms with Crippen molar-refractivity contribution in [2.24, 2.45) is 0 Å². The zero-order valence-corrected chi connectivity index (χ0v) is 14.0. The number of rotatable bonds is 4. The average Bonchev–Trinajstić information content (AvgIpc) is 3.15. The molecule has 4 N–H and O–H groups in total. The van der Waals surface area contributed by atoms with Crippen LogP contribution in [0.1, 0.15) is 5.82 Å². The van der Waals surface area contributed by atoms with E-state index in [9.17, 15) is 4.79 Å². The van der Waals surface area contributed by atoms with Gasteiger partial charge in [0, 0.05) is 22.9 Å². The Morgan fingerprint density at radius 1 is 1.45 bits per heavy atom. The molecular weight excluding hydrogens is 338 g/mol. The maximum Gasteiger partial charge on any atom is 0.260 e. The highest BCUT2D eigenvalue weighted by molar-refractivity contribution is 7.80. The Morgan fingerprint density at radius 3 is 3.05 bits per heavy atom. The molecule has 0 spiro atoms. The van der Waals surface area contributed by atoms with Crippen LogP contribution < -0.4 is 21.7 Å². The summed E-state index contributed by atoms with van der Waals surface area (Å²) in [6.07, 6.45) is 0. The molecule has 0 atom stereocenters. The van der Waals surface area contributed by atoms with E-state index in [0.29, 0.717) is 22.9 Å². The third-order valence-corrected chi connectivity index (χ3v) is 5.05. The molecule has 0 saturated carbocycles. The van der Waals surface area contributed by atoms with Crippen molar-refractivity contribution in [1.29, 1.82) is 0 Å². The largest absolute Gasteiger partial charge is 0.365 e. The molecule has 3 aromatic heterocycles. The van der Waals surface area contributed by atoms with E-state index in [4.69, 9.17) is 12.2 Å². The van der Waals surface area contributed by atoms with Gasteiger partial charge in [0.15, 0.2) is 5.11 Å². The van der Waals surface area contributed by atoms with Crippen LogP contribution in [-0.4, -0.2) is 22.1 Å². The third-order valence-electron chi connectivity index (χ3n) is 2.96. The number of nitrogens with one attached hydrogen (secondary N) is 4. The van der Waals surface area contributed by atoms with Crippen LogP contribution in [0.15, 0.2) is 27.7 Å². The van der Waals surface area contributed by atoms with E-state index in [1.165, 1.54) is 11.3 Å². The molecule has 3 aromatic rings. The van der Waals surface area contributed by atoms with Crippen molar-refractivity contribution in [3.8, 4) is 10.4 Å². The van der Waals surface area contributed by atoms with E-state index in [0.717, 1.165) is 15.3 Å². The van der Waals surface area contributed by atoms with Crippen LogP contribution in [-0.2, 0) is 6.54 Å². The summed E-state index contributed by atoms with van der Waals surface area (Å²) in [4.78, 5) is 21.5. The van der Waals surface area contributed by atoms with Crippen LogP contribution in [0.2, 0.25) is 0 Å². The maximum atomic E-state index is 12.4. The number of hydrogen-bond donors (Lipinski definition) is 4. The first kappa shape index (κ1) is 15.1. The van der Waals surface area contributed by atoms with Gasteiger partial charge in [-0.05, 0) is 23.7 Å². The van der Waals surface area contributed by atoms with Crippen molar-refractivity contribution in [3.63, 3.8) is 0 Å². The summed E-state index contributed by atoms with van der Waals surface area (Å²) in [7, 11) is 1.72. The molecule has 0 aromatic carbocycles. The molecule has 0 radical (unpaired) electrons. The Bertz CT molecular complexity index is 852. The van der Waals surface area contributed by atoms with Gasteiger partial charge in [0.05, 0.1) is 11.9 Å². The second kappa shape index (κ2) is 6.53. The second-order valence-corrected chi connectivity index (χ2v) is 6.59. The quantitative estimate of drug-likeness (QED) is 0.424. The van der Waals surface area contributed by atoms with Crippen LogP contribution in [0.25, 0.3) is 20.7 Å². The fraction of sp³-hybridized carbons (Fsp3) is 0.154. The van der Waals surface area contributed by atoms with Gasteiger partial charge < -0.3 is 10.3 Å². The summed E-state index contributed by atoms with van der Waals surface area (Å²) < 4.78 is 0. The number of aromatic amines is 1. The molecule has 3 heterocycles. The molecule has 3 rings (SSSR count). The number of hydrazine groups is 1. The van der Waals surface area contributed by atoms with Crippen LogP contribution >= 0.6 is 34.9 Å². The van der Waals surface area contributed by atoms with Crippen LogP contribution in [0.3, 0.4) is 0 Å². The van der Waals surface area contributed by atoms with Gasteiger partial charge in [0.2, 0.25) is 0 Å². The highest BCUT2D eigenvalue weighted by Gasteiger charge is 2.13. The minimum atomic E-state index is -0.123. The summed E-state index contributed by atoms with van der Waals surface area (Å²) >= 11 is 8.03. The van der Waals surface area contributed by atoms with Crippen molar-refractivity contribution in [2.45, 2.75) is 6.54 Å². The summed E-state index contributed by atoms with van der Waals surface area (Å²) in [6, 6.07) is 3.98. The predicted molar refractivity (Wildman–Crippen MR) is 95.2 cm³/mol. The normalized spacial score (nSPS) is 10.8. The standard InChI is InChI=1S/C13H13N5OS3/c1-14-13(20)18-15-5-9-16-11(19)10-7(6-22-12(10)17-9)8-3-2-4-21-8/h2-4,6,15H,5H2,1H3,(H2,14,18,20)(H,16,17,19). The smallest absolute Gasteiger partial charge is 0.260 e.